The smallest absolute Gasteiger partial charge is 0.227 e. The van der Waals surface area contributed by atoms with Gasteiger partial charge in [-0.25, -0.2) is 4.98 Å². The van der Waals surface area contributed by atoms with Gasteiger partial charge in [-0.15, -0.1) is 11.3 Å². The van der Waals surface area contributed by atoms with E-state index in [9.17, 15) is 0 Å². The van der Waals surface area contributed by atoms with Crippen molar-refractivity contribution < 1.29 is 4.42 Å². The molecule has 8 aromatic carbocycles. The first-order chi connectivity index (χ1) is 25.8. The molecule has 0 aliphatic heterocycles. The fourth-order valence-corrected chi connectivity index (χ4v) is 8.88. The van der Waals surface area contributed by atoms with Gasteiger partial charge < -0.3 is 13.9 Å². The van der Waals surface area contributed by atoms with Crippen LogP contribution in [-0.2, 0) is 0 Å². The number of hydrogen-bond donors (Lipinski definition) is 0. The van der Waals surface area contributed by atoms with Crippen LogP contribution in [0, 0.1) is 0 Å². The molecule has 11 aromatic rings. The molecule has 0 bridgehead atoms. The number of hydrogen-bond acceptors (Lipinski definition) is 4. The maximum Gasteiger partial charge on any atom is 0.227 e. The van der Waals surface area contributed by atoms with E-state index < -0.39 is 0 Å². The van der Waals surface area contributed by atoms with E-state index in [1.165, 1.54) is 36.5 Å². The van der Waals surface area contributed by atoms with Crippen LogP contribution in [0.25, 0.3) is 81.0 Å². The Hall–Kier alpha value is -6.69. The lowest BCUT2D eigenvalue weighted by atomic mass is 10.1. The van der Waals surface area contributed by atoms with Gasteiger partial charge >= 0.3 is 0 Å². The third-order valence-electron chi connectivity index (χ3n) is 10.2. The topological polar surface area (TPSA) is 34.2 Å². The van der Waals surface area contributed by atoms with Crippen LogP contribution < -0.4 is 4.90 Å². The Morgan fingerprint density at radius 2 is 1.12 bits per heavy atom. The molecule has 4 nitrogen and oxygen atoms in total. The van der Waals surface area contributed by atoms with Crippen LogP contribution in [0.5, 0.6) is 0 Å². The van der Waals surface area contributed by atoms with Gasteiger partial charge in [-0.3, -0.25) is 0 Å². The number of para-hydroxylation sites is 2. The number of aromatic nitrogens is 2. The van der Waals surface area contributed by atoms with Crippen molar-refractivity contribution in [3.8, 4) is 17.1 Å². The maximum absolute atomic E-state index is 6.53. The summed E-state index contributed by atoms with van der Waals surface area (Å²) in [5.41, 5.74) is 9.27. The molecular weight excluding hydrogens is 655 g/mol. The summed E-state index contributed by atoms with van der Waals surface area (Å²) in [6, 6.07) is 62.7. The van der Waals surface area contributed by atoms with E-state index in [4.69, 9.17) is 9.40 Å². The van der Waals surface area contributed by atoms with Gasteiger partial charge in [0.05, 0.1) is 11.0 Å². The van der Waals surface area contributed by atoms with Crippen LogP contribution in [0.1, 0.15) is 0 Å². The Balaban J connectivity index is 1.17. The number of anilines is 3. The Bertz CT molecular complexity index is 3140. The van der Waals surface area contributed by atoms with Gasteiger partial charge in [0.15, 0.2) is 5.58 Å². The van der Waals surface area contributed by atoms with Crippen LogP contribution in [0.15, 0.2) is 180 Å². The average Bonchev–Trinajstić information content (AvgIpc) is 3.91. The highest BCUT2D eigenvalue weighted by Crippen LogP contribution is 2.44. The number of fused-ring (bicyclic) bond motifs is 9. The molecule has 0 radical (unpaired) electrons. The number of rotatable bonds is 5. The quantitative estimate of drug-likeness (QED) is 0.181. The molecule has 0 unspecified atom stereocenters. The lowest BCUT2D eigenvalue weighted by Gasteiger charge is -2.26. The van der Waals surface area contributed by atoms with Crippen molar-refractivity contribution in [2.45, 2.75) is 0 Å². The second-order valence-corrected chi connectivity index (χ2v) is 14.3. The second kappa shape index (κ2) is 11.4. The molecule has 0 aliphatic carbocycles. The van der Waals surface area contributed by atoms with E-state index in [0.29, 0.717) is 5.89 Å². The lowest BCUT2D eigenvalue weighted by Crippen LogP contribution is -2.10. The van der Waals surface area contributed by atoms with E-state index >= 15 is 0 Å². The zero-order chi connectivity index (χ0) is 34.2. The predicted molar refractivity (Wildman–Crippen MR) is 219 cm³/mol. The number of benzene rings is 8. The van der Waals surface area contributed by atoms with Crippen molar-refractivity contribution in [2.75, 3.05) is 4.90 Å². The van der Waals surface area contributed by atoms with Crippen molar-refractivity contribution in [3.63, 3.8) is 0 Å². The molecule has 3 aromatic heterocycles. The monoisotopic (exact) mass is 683 g/mol. The zero-order valence-corrected chi connectivity index (χ0v) is 28.7. The van der Waals surface area contributed by atoms with E-state index in [0.717, 1.165) is 55.7 Å². The first kappa shape index (κ1) is 29.1. The van der Waals surface area contributed by atoms with Gasteiger partial charge in [0.2, 0.25) is 5.89 Å². The Kier molecular flexibility index (Phi) is 6.39. The number of thiophene rings is 1. The summed E-state index contributed by atoms with van der Waals surface area (Å²) < 4.78 is 11.5. The predicted octanol–water partition coefficient (Wildman–Crippen LogP) is 13.6. The van der Waals surface area contributed by atoms with Gasteiger partial charge in [-0.1, -0.05) is 91.0 Å². The Labute approximate surface area is 303 Å². The molecule has 0 atom stereocenters. The summed E-state index contributed by atoms with van der Waals surface area (Å²) in [7, 11) is 0. The van der Waals surface area contributed by atoms with Crippen LogP contribution in [0.4, 0.5) is 17.1 Å². The molecule has 244 valence electrons. The Morgan fingerprint density at radius 1 is 0.481 bits per heavy atom. The SMILES string of the molecule is c1ccc(-c2nc3ccc4ccc(N(c5ccc6sc7ccccc7c6c5)c5ccc6c7ccccc7n(-c7ccccc7)c6c5)cc4c3o2)cc1. The molecule has 0 saturated heterocycles. The third-order valence-corrected chi connectivity index (χ3v) is 11.3. The molecule has 0 N–H and O–H groups in total. The third kappa shape index (κ3) is 4.50. The molecule has 0 spiro atoms. The minimum Gasteiger partial charge on any atom is -0.435 e. The van der Waals surface area contributed by atoms with E-state index in [-0.39, 0.29) is 0 Å². The van der Waals surface area contributed by atoms with Crippen LogP contribution in [0.3, 0.4) is 0 Å². The van der Waals surface area contributed by atoms with Crippen LogP contribution in [-0.4, -0.2) is 9.55 Å². The molecular formula is C47H29N3OS. The van der Waals surface area contributed by atoms with Gasteiger partial charge in [-0.2, -0.15) is 0 Å². The Morgan fingerprint density at radius 3 is 1.98 bits per heavy atom. The van der Waals surface area contributed by atoms with Crippen LogP contribution in [0.2, 0.25) is 0 Å². The summed E-state index contributed by atoms with van der Waals surface area (Å²) >= 11 is 1.84. The van der Waals surface area contributed by atoms with Crippen molar-refractivity contribution in [1.29, 1.82) is 0 Å². The number of oxazole rings is 1. The summed E-state index contributed by atoms with van der Waals surface area (Å²) in [4.78, 5) is 7.27. The van der Waals surface area contributed by atoms with E-state index in [2.05, 4.69) is 155 Å². The van der Waals surface area contributed by atoms with Gasteiger partial charge in [0, 0.05) is 64.6 Å². The standard InChI is InChI=1S/C47H29N3OS/c1-3-11-31(12-4-1)47-48-41-25-20-30-19-21-33(27-39(30)46(41)51-47)49(34-23-26-45-40(28-34)38-16-8-10-18-44(38)52-45)35-22-24-37-36-15-7-9-17-42(36)50(43(37)29-35)32-13-5-2-6-14-32/h1-29H. The van der Waals surface area contributed by atoms with Crippen molar-refractivity contribution in [3.05, 3.63) is 176 Å². The van der Waals surface area contributed by atoms with Crippen molar-refractivity contribution in [2.24, 2.45) is 0 Å². The maximum atomic E-state index is 6.53. The molecule has 52 heavy (non-hydrogen) atoms. The highest BCUT2D eigenvalue weighted by Gasteiger charge is 2.20. The lowest BCUT2D eigenvalue weighted by molar-refractivity contribution is 0.623. The van der Waals surface area contributed by atoms with Gasteiger partial charge in [-0.05, 0) is 90.3 Å². The first-order valence-corrected chi connectivity index (χ1v) is 18.3. The molecule has 11 rings (SSSR count). The van der Waals surface area contributed by atoms with E-state index in [1.807, 2.05) is 41.7 Å². The average molecular weight is 684 g/mol. The fraction of sp³-hybridized carbons (Fsp3) is 0. The molecule has 0 amide bonds. The fourth-order valence-electron chi connectivity index (χ4n) is 7.79. The van der Waals surface area contributed by atoms with E-state index in [1.54, 1.807) is 0 Å². The molecule has 0 aliphatic rings. The molecule has 3 heterocycles. The normalized spacial score (nSPS) is 11.8. The van der Waals surface area contributed by atoms with Gasteiger partial charge in [0.1, 0.15) is 5.52 Å². The second-order valence-electron chi connectivity index (χ2n) is 13.2. The first-order valence-electron chi connectivity index (χ1n) is 17.5. The zero-order valence-electron chi connectivity index (χ0n) is 27.9. The highest BCUT2D eigenvalue weighted by atomic mass is 32.1. The van der Waals surface area contributed by atoms with Crippen molar-refractivity contribution in [1.82, 2.24) is 9.55 Å². The summed E-state index contributed by atoms with van der Waals surface area (Å²) in [5.74, 6) is 0.624. The van der Waals surface area contributed by atoms with Crippen LogP contribution >= 0.6 is 11.3 Å². The minimum absolute atomic E-state index is 0.624. The van der Waals surface area contributed by atoms with Gasteiger partial charge in [0.25, 0.3) is 0 Å². The summed E-state index contributed by atoms with van der Waals surface area (Å²) in [6.07, 6.45) is 0. The summed E-state index contributed by atoms with van der Waals surface area (Å²) in [5, 5.41) is 7.12. The molecule has 0 saturated carbocycles. The number of nitrogens with zero attached hydrogens (tertiary/aromatic N) is 3. The largest absolute Gasteiger partial charge is 0.435 e. The molecule has 0 fully saturated rings. The summed E-state index contributed by atoms with van der Waals surface area (Å²) in [6.45, 7) is 0. The molecule has 5 heteroatoms. The van der Waals surface area contributed by atoms with Crippen molar-refractivity contribution >= 4 is 92.2 Å². The minimum atomic E-state index is 0.624. The highest BCUT2D eigenvalue weighted by molar-refractivity contribution is 7.25.